The Morgan fingerprint density at radius 1 is 1.00 bits per heavy atom. The number of rotatable bonds is 0. The number of carbonyl (C=O) groups is 2. The van der Waals surface area contributed by atoms with E-state index < -0.39 is 5.41 Å². The van der Waals surface area contributed by atoms with Crippen LogP contribution in [0.2, 0.25) is 0 Å². The third kappa shape index (κ3) is 1.83. The van der Waals surface area contributed by atoms with E-state index in [-0.39, 0.29) is 28.8 Å². The number of ketones is 2. The molecule has 0 N–H and O–H groups in total. The summed E-state index contributed by atoms with van der Waals surface area (Å²) in [5.41, 5.74) is -0.834. The molecule has 0 aromatic carbocycles. The first kappa shape index (κ1) is 14.0. The number of carbonyl (C=O) groups excluding carboxylic acids is 2. The van der Waals surface area contributed by atoms with Gasteiger partial charge in [0.25, 0.3) is 0 Å². The molecule has 0 aliphatic heterocycles. The van der Waals surface area contributed by atoms with Crippen LogP contribution in [0.15, 0.2) is 12.2 Å². The van der Waals surface area contributed by atoms with Crippen LogP contribution in [-0.4, -0.2) is 11.6 Å². The molecule has 0 heterocycles. The van der Waals surface area contributed by atoms with Crippen molar-refractivity contribution in [1.29, 1.82) is 0 Å². The second-order valence-corrected chi connectivity index (χ2v) is 7.96. The highest BCUT2D eigenvalue weighted by molar-refractivity contribution is 6.10. The van der Waals surface area contributed by atoms with Crippen molar-refractivity contribution in [3.8, 4) is 0 Å². The molecule has 0 aromatic heterocycles. The van der Waals surface area contributed by atoms with E-state index in [1.807, 2.05) is 0 Å². The van der Waals surface area contributed by atoms with Crippen LogP contribution >= 0.6 is 0 Å². The minimum absolute atomic E-state index is 0.0814. The van der Waals surface area contributed by atoms with Crippen LogP contribution in [0.4, 0.5) is 0 Å². The minimum atomic E-state index is -0.685. The summed E-state index contributed by atoms with van der Waals surface area (Å²) in [7, 11) is 0. The van der Waals surface area contributed by atoms with Crippen molar-refractivity contribution in [2.45, 2.75) is 59.3 Å². The zero-order chi connectivity index (χ0) is 14.5. The average molecular weight is 274 g/mol. The first-order valence-corrected chi connectivity index (χ1v) is 8.13. The smallest absolute Gasteiger partial charge is 0.147 e. The molecule has 110 valence electrons. The molecule has 0 aromatic rings. The molecular formula is C18H26O2. The number of Topliss-reactive ketones (excluding diaryl/α,β-unsaturated/α-hetero) is 2. The van der Waals surface area contributed by atoms with Gasteiger partial charge in [-0.25, -0.2) is 0 Å². The number of hydrogen-bond donors (Lipinski definition) is 0. The van der Waals surface area contributed by atoms with Gasteiger partial charge < -0.3 is 0 Å². The Morgan fingerprint density at radius 2 is 1.60 bits per heavy atom. The molecular weight excluding hydrogens is 248 g/mol. The second-order valence-electron chi connectivity index (χ2n) is 7.96. The monoisotopic (exact) mass is 274 g/mol. The molecule has 0 amide bonds. The van der Waals surface area contributed by atoms with Crippen molar-refractivity contribution >= 4 is 11.6 Å². The largest absolute Gasteiger partial charge is 0.299 e. The third-order valence-corrected chi connectivity index (χ3v) is 5.97. The first-order chi connectivity index (χ1) is 9.38. The minimum Gasteiger partial charge on any atom is -0.299 e. The molecule has 3 atom stereocenters. The molecule has 3 aliphatic carbocycles. The van der Waals surface area contributed by atoms with Gasteiger partial charge >= 0.3 is 0 Å². The summed E-state index contributed by atoms with van der Waals surface area (Å²) in [6.07, 6.45) is 10.2. The Morgan fingerprint density at radius 3 is 2.25 bits per heavy atom. The van der Waals surface area contributed by atoms with Crippen LogP contribution in [0.3, 0.4) is 0 Å². The van der Waals surface area contributed by atoms with Gasteiger partial charge in [0.05, 0.1) is 5.41 Å². The Kier molecular flexibility index (Phi) is 3.19. The zero-order valence-corrected chi connectivity index (χ0v) is 12.9. The predicted molar refractivity (Wildman–Crippen MR) is 79.2 cm³/mol. The maximum atomic E-state index is 13.0. The molecule has 3 rings (SSSR count). The number of fused-ring (bicyclic) bond motifs is 2. The van der Waals surface area contributed by atoms with Crippen molar-refractivity contribution in [3.05, 3.63) is 12.2 Å². The van der Waals surface area contributed by atoms with E-state index in [1.54, 1.807) is 0 Å². The molecule has 0 unspecified atom stereocenters. The molecule has 2 fully saturated rings. The van der Waals surface area contributed by atoms with Gasteiger partial charge in [0.2, 0.25) is 0 Å². The number of hydrogen-bond acceptors (Lipinski definition) is 2. The molecule has 2 saturated carbocycles. The molecule has 1 spiro atoms. The fraction of sp³-hybridized carbons (Fsp3) is 0.778. The van der Waals surface area contributed by atoms with E-state index in [0.717, 1.165) is 12.8 Å². The maximum absolute atomic E-state index is 13.0. The highest BCUT2D eigenvalue weighted by Gasteiger charge is 2.60. The molecule has 0 radical (unpaired) electrons. The summed E-state index contributed by atoms with van der Waals surface area (Å²) in [5, 5.41) is 0. The highest BCUT2D eigenvalue weighted by Crippen LogP contribution is 2.56. The Labute approximate surface area is 122 Å². The average Bonchev–Trinajstić information content (AvgIpc) is 2.36. The summed E-state index contributed by atoms with van der Waals surface area (Å²) in [6, 6.07) is 0. The van der Waals surface area contributed by atoms with Crippen molar-refractivity contribution in [3.63, 3.8) is 0 Å². The fourth-order valence-corrected chi connectivity index (χ4v) is 5.06. The molecule has 2 nitrogen and oxygen atoms in total. The second kappa shape index (κ2) is 4.54. The van der Waals surface area contributed by atoms with Crippen molar-refractivity contribution in [1.82, 2.24) is 0 Å². The molecule has 0 saturated heterocycles. The van der Waals surface area contributed by atoms with Crippen molar-refractivity contribution < 1.29 is 9.59 Å². The lowest BCUT2D eigenvalue weighted by Gasteiger charge is -2.53. The molecule has 2 heteroatoms. The van der Waals surface area contributed by atoms with E-state index >= 15 is 0 Å². The van der Waals surface area contributed by atoms with Crippen LogP contribution in [0.1, 0.15) is 59.3 Å². The van der Waals surface area contributed by atoms with E-state index in [0.29, 0.717) is 18.8 Å². The van der Waals surface area contributed by atoms with Gasteiger partial charge in [-0.3, -0.25) is 9.59 Å². The van der Waals surface area contributed by atoms with Crippen LogP contribution < -0.4 is 0 Å². The summed E-state index contributed by atoms with van der Waals surface area (Å²) in [6.45, 7) is 6.18. The topological polar surface area (TPSA) is 34.1 Å². The first-order valence-electron chi connectivity index (χ1n) is 8.13. The summed E-state index contributed by atoms with van der Waals surface area (Å²) < 4.78 is 0. The third-order valence-electron chi connectivity index (χ3n) is 5.97. The molecule has 0 bridgehead atoms. The summed E-state index contributed by atoms with van der Waals surface area (Å²) >= 11 is 0. The Bertz CT molecular complexity index is 452. The van der Waals surface area contributed by atoms with Gasteiger partial charge in [0.1, 0.15) is 11.6 Å². The lowest BCUT2D eigenvalue weighted by atomic mass is 9.48. The Hall–Kier alpha value is -0.920. The van der Waals surface area contributed by atoms with Crippen LogP contribution in [-0.2, 0) is 9.59 Å². The van der Waals surface area contributed by atoms with Gasteiger partial charge in [-0.15, -0.1) is 0 Å². The number of allylic oxidation sites excluding steroid dienone is 2. The lowest BCUT2D eigenvalue weighted by molar-refractivity contribution is -0.159. The molecule has 20 heavy (non-hydrogen) atoms. The highest BCUT2D eigenvalue weighted by atomic mass is 16.2. The predicted octanol–water partition coefficient (Wildman–Crippen LogP) is 3.94. The van der Waals surface area contributed by atoms with Crippen LogP contribution in [0.5, 0.6) is 0 Å². The van der Waals surface area contributed by atoms with Crippen molar-refractivity contribution in [2.24, 2.45) is 28.6 Å². The van der Waals surface area contributed by atoms with E-state index in [4.69, 9.17) is 0 Å². The Balaban J connectivity index is 2.06. The van der Waals surface area contributed by atoms with E-state index in [1.165, 1.54) is 12.8 Å². The van der Waals surface area contributed by atoms with Gasteiger partial charge in [-0.05, 0) is 36.0 Å². The van der Waals surface area contributed by atoms with Crippen LogP contribution in [0, 0.1) is 28.6 Å². The fourth-order valence-electron chi connectivity index (χ4n) is 5.06. The van der Waals surface area contributed by atoms with Gasteiger partial charge in [0.15, 0.2) is 0 Å². The lowest BCUT2D eigenvalue weighted by Crippen LogP contribution is -2.58. The maximum Gasteiger partial charge on any atom is 0.147 e. The normalized spacial score (nSPS) is 38.9. The zero-order valence-electron chi connectivity index (χ0n) is 12.9. The molecule has 3 aliphatic rings. The van der Waals surface area contributed by atoms with E-state index in [2.05, 4.69) is 32.9 Å². The van der Waals surface area contributed by atoms with Gasteiger partial charge in [-0.1, -0.05) is 45.8 Å². The van der Waals surface area contributed by atoms with Crippen molar-refractivity contribution in [2.75, 3.05) is 0 Å². The van der Waals surface area contributed by atoms with Gasteiger partial charge in [0, 0.05) is 12.8 Å². The quantitative estimate of drug-likeness (QED) is 0.495. The van der Waals surface area contributed by atoms with Gasteiger partial charge in [-0.2, -0.15) is 0 Å². The SMILES string of the molecule is C[C@H]1C=C[C@H]2CCCC[C@@H]2C12C(=O)CC(C)(C)CC2=O. The van der Waals surface area contributed by atoms with Crippen LogP contribution in [0.25, 0.3) is 0 Å². The standard InChI is InChI=1S/C18H26O2/c1-12-8-9-13-6-4-5-7-14(13)18(12)15(19)10-17(2,3)11-16(18)20/h8-9,12-14H,4-7,10-11H2,1-3H3/t12-,13+,14-/m0/s1. The summed E-state index contributed by atoms with van der Waals surface area (Å²) in [5.74, 6) is 1.26. The van der Waals surface area contributed by atoms with E-state index in [9.17, 15) is 9.59 Å². The summed E-state index contributed by atoms with van der Waals surface area (Å²) in [4.78, 5) is 26.0.